The Hall–Kier alpha value is -1.56. The molecule has 0 aromatic carbocycles. The Balaban J connectivity index is 2.10. The van der Waals surface area contributed by atoms with Gasteiger partial charge in [0, 0.05) is 17.6 Å². The van der Waals surface area contributed by atoms with Crippen LogP contribution >= 0.6 is 11.8 Å². The number of pyridine rings is 1. The number of aliphatic carboxylic acids is 1. The minimum Gasteiger partial charge on any atom is -0.480 e. The number of carbonyl (C=O) groups excluding carboxylic acids is 1. The second kappa shape index (κ2) is 6.74. The Morgan fingerprint density at radius 2 is 2.20 bits per heavy atom. The standard InChI is InChI=1S/C14H18N2O3S/c1-20-8-12(14(18)19)16-13(17)10-6-9-4-2-3-5-11(9)15-7-10/h6-7,12H,2-5,8H2,1H3,(H,16,17)(H,18,19). The van der Waals surface area contributed by atoms with E-state index in [0.29, 0.717) is 11.3 Å². The largest absolute Gasteiger partial charge is 0.480 e. The summed E-state index contributed by atoms with van der Waals surface area (Å²) in [5, 5.41) is 11.6. The molecular weight excluding hydrogens is 276 g/mol. The van der Waals surface area contributed by atoms with E-state index >= 15 is 0 Å². The number of amides is 1. The van der Waals surface area contributed by atoms with Crippen LogP contribution in [0.25, 0.3) is 0 Å². The number of hydrogen-bond acceptors (Lipinski definition) is 4. The van der Waals surface area contributed by atoms with E-state index in [9.17, 15) is 9.59 Å². The minimum absolute atomic E-state index is 0.347. The van der Waals surface area contributed by atoms with Gasteiger partial charge in [-0.05, 0) is 43.6 Å². The fraction of sp³-hybridized carbons (Fsp3) is 0.500. The molecule has 1 atom stereocenters. The molecule has 0 radical (unpaired) electrons. The minimum atomic E-state index is -1.02. The number of fused-ring (bicyclic) bond motifs is 1. The Kier molecular flexibility index (Phi) is 5.00. The van der Waals surface area contributed by atoms with Crippen molar-refractivity contribution in [1.29, 1.82) is 0 Å². The van der Waals surface area contributed by atoms with Crippen LogP contribution in [0.2, 0.25) is 0 Å². The Labute approximate surface area is 122 Å². The maximum Gasteiger partial charge on any atom is 0.327 e. The van der Waals surface area contributed by atoms with Crippen molar-refractivity contribution in [2.24, 2.45) is 0 Å². The number of aromatic nitrogens is 1. The predicted octanol–water partition coefficient (Wildman–Crippen LogP) is 1.51. The summed E-state index contributed by atoms with van der Waals surface area (Å²) in [5.74, 6) is -1.04. The number of hydrogen-bond donors (Lipinski definition) is 2. The first kappa shape index (κ1) is 14.8. The molecule has 1 aliphatic carbocycles. The van der Waals surface area contributed by atoms with Crippen molar-refractivity contribution in [2.75, 3.05) is 12.0 Å². The molecule has 1 aliphatic rings. The van der Waals surface area contributed by atoms with Crippen molar-refractivity contribution >= 4 is 23.6 Å². The summed E-state index contributed by atoms with van der Waals surface area (Å²) in [5.41, 5.74) is 2.62. The van der Waals surface area contributed by atoms with E-state index in [-0.39, 0.29) is 5.91 Å². The summed E-state index contributed by atoms with van der Waals surface area (Å²) in [6, 6.07) is 0.975. The molecule has 6 heteroatoms. The first-order valence-corrected chi connectivity index (χ1v) is 8.01. The van der Waals surface area contributed by atoms with Gasteiger partial charge in [-0.25, -0.2) is 4.79 Å². The number of carboxylic acid groups (broad SMARTS) is 1. The lowest BCUT2D eigenvalue weighted by Crippen LogP contribution is -2.42. The molecule has 0 fully saturated rings. The van der Waals surface area contributed by atoms with Crippen LogP contribution in [0.4, 0.5) is 0 Å². The van der Waals surface area contributed by atoms with Crippen LogP contribution in [0.15, 0.2) is 12.3 Å². The Morgan fingerprint density at radius 3 is 2.90 bits per heavy atom. The molecule has 0 spiro atoms. The van der Waals surface area contributed by atoms with Gasteiger partial charge < -0.3 is 10.4 Å². The lowest BCUT2D eigenvalue weighted by molar-refractivity contribution is -0.138. The summed E-state index contributed by atoms with van der Waals surface area (Å²) in [6.45, 7) is 0. The van der Waals surface area contributed by atoms with Gasteiger partial charge in [0.1, 0.15) is 6.04 Å². The maximum absolute atomic E-state index is 12.1. The van der Waals surface area contributed by atoms with Crippen molar-refractivity contribution in [3.8, 4) is 0 Å². The number of rotatable bonds is 5. The van der Waals surface area contributed by atoms with Crippen molar-refractivity contribution in [1.82, 2.24) is 10.3 Å². The SMILES string of the molecule is CSCC(NC(=O)c1cnc2c(c1)CCCC2)C(=O)O. The number of nitrogens with zero attached hydrogens (tertiary/aromatic N) is 1. The third kappa shape index (κ3) is 3.50. The topological polar surface area (TPSA) is 79.3 Å². The van der Waals surface area contributed by atoms with Crippen LogP contribution in [0.3, 0.4) is 0 Å². The molecule has 2 N–H and O–H groups in total. The smallest absolute Gasteiger partial charge is 0.327 e. The monoisotopic (exact) mass is 294 g/mol. The summed E-state index contributed by atoms with van der Waals surface area (Å²) >= 11 is 1.39. The average Bonchev–Trinajstić information content (AvgIpc) is 2.46. The first-order chi connectivity index (χ1) is 9.61. The molecule has 20 heavy (non-hydrogen) atoms. The molecule has 0 aliphatic heterocycles. The van der Waals surface area contributed by atoms with E-state index < -0.39 is 12.0 Å². The molecule has 0 saturated heterocycles. The molecule has 1 heterocycles. The number of thioether (sulfide) groups is 1. The summed E-state index contributed by atoms with van der Waals surface area (Å²) < 4.78 is 0. The van der Waals surface area contributed by atoms with Crippen LogP contribution in [0, 0.1) is 0 Å². The van der Waals surface area contributed by atoms with Crippen LogP contribution in [0.1, 0.15) is 34.5 Å². The normalized spacial score (nSPS) is 15.2. The summed E-state index contributed by atoms with van der Waals surface area (Å²) in [4.78, 5) is 27.5. The third-order valence-corrected chi connectivity index (χ3v) is 4.04. The van der Waals surface area contributed by atoms with Gasteiger partial charge in [0.05, 0.1) is 5.56 Å². The average molecular weight is 294 g/mol. The fourth-order valence-electron chi connectivity index (χ4n) is 2.30. The molecule has 0 saturated carbocycles. The van der Waals surface area contributed by atoms with E-state index in [0.717, 1.165) is 36.9 Å². The second-order valence-corrected chi connectivity index (χ2v) is 5.77. The molecule has 1 unspecified atom stereocenters. The van der Waals surface area contributed by atoms with Crippen molar-refractivity contribution in [2.45, 2.75) is 31.7 Å². The summed E-state index contributed by atoms with van der Waals surface area (Å²) in [6.07, 6.45) is 7.50. The number of carboxylic acids is 1. The van der Waals surface area contributed by atoms with Crippen LogP contribution in [-0.2, 0) is 17.6 Å². The number of aryl methyl sites for hydroxylation is 2. The van der Waals surface area contributed by atoms with E-state index in [1.165, 1.54) is 18.0 Å². The first-order valence-electron chi connectivity index (χ1n) is 6.62. The molecule has 1 aromatic rings. The molecule has 1 aromatic heterocycles. The highest BCUT2D eigenvalue weighted by atomic mass is 32.2. The zero-order valence-electron chi connectivity index (χ0n) is 11.4. The zero-order valence-corrected chi connectivity index (χ0v) is 12.2. The van der Waals surface area contributed by atoms with Crippen molar-refractivity contribution in [3.05, 3.63) is 29.1 Å². The van der Waals surface area contributed by atoms with Gasteiger partial charge in [0.2, 0.25) is 0 Å². The Bertz CT molecular complexity index is 519. The number of nitrogens with one attached hydrogen (secondary N) is 1. The highest BCUT2D eigenvalue weighted by Crippen LogP contribution is 2.20. The van der Waals surface area contributed by atoms with Gasteiger partial charge in [0.15, 0.2) is 0 Å². The fourth-order valence-corrected chi connectivity index (χ4v) is 2.85. The zero-order chi connectivity index (χ0) is 14.5. The molecule has 1 amide bonds. The highest BCUT2D eigenvalue weighted by molar-refractivity contribution is 7.98. The lowest BCUT2D eigenvalue weighted by atomic mass is 9.95. The van der Waals surface area contributed by atoms with Crippen molar-refractivity contribution in [3.63, 3.8) is 0 Å². The second-order valence-electron chi connectivity index (χ2n) is 4.86. The molecular formula is C14H18N2O3S. The van der Waals surface area contributed by atoms with Gasteiger partial charge in [-0.1, -0.05) is 0 Å². The van der Waals surface area contributed by atoms with E-state index in [1.807, 2.05) is 12.3 Å². The molecule has 0 bridgehead atoms. The summed E-state index contributed by atoms with van der Waals surface area (Å²) in [7, 11) is 0. The van der Waals surface area contributed by atoms with Gasteiger partial charge in [-0.3, -0.25) is 9.78 Å². The van der Waals surface area contributed by atoms with Crippen molar-refractivity contribution < 1.29 is 14.7 Å². The van der Waals surface area contributed by atoms with Gasteiger partial charge >= 0.3 is 5.97 Å². The predicted molar refractivity (Wildman–Crippen MR) is 78.2 cm³/mol. The Morgan fingerprint density at radius 1 is 1.45 bits per heavy atom. The van der Waals surface area contributed by atoms with Gasteiger partial charge in [-0.2, -0.15) is 11.8 Å². The van der Waals surface area contributed by atoms with Crippen LogP contribution in [-0.4, -0.2) is 40.0 Å². The van der Waals surface area contributed by atoms with E-state index in [4.69, 9.17) is 5.11 Å². The van der Waals surface area contributed by atoms with Gasteiger partial charge in [-0.15, -0.1) is 0 Å². The van der Waals surface area contributed by atoms with Crippen LogP contribution in [0.5, 0.6) is 0 Å². The van der Waals surface area contributed by atoms with Crippen LogP contribution < -0.4 is 5.32 Å². The number of carbonyl (C=O) groups is 2. The van der Waals surface area contributed by atoms with E-state index in [1.54, 1.807) is 0 Å². The van der Waals surface area contributed by atoms with Gasteiger partial charge in [0.25, 0.3) is 5.91 Å². The molecule has 2 rings (SSSR count). The quantitative estimate of drug-likeness (QED) is 0.860. The van der Waals surface area contributed by atoms with E-state index in [2.05, 4.69) is 10.3 Å². The highest BCUT2D eigenvalue weighted by Gasteiger charge is 2.21. The lowest BCUT2D eigenvalue weighted by Gasteiger charge is -2.17. The third-order valence-electron chi connectivity index (χ3n) is 3.37. The molecule has 5 nitrogen and oxygen atoms in total. The maximum atomic E-state index is 12.1. The molecule has 108 valence electrons.